The summed E-state index contributed by atoms with van der Waals surface area (Å²) in [5, 5.41) is 2.74. The fourth-order valence-electron chi connectivity index (χ4n) is 1.92. The second kappa shape index (κ2) is 7.31. The van der Waals surface area contributed by atoms with Crippen LogP contribution in [0.25, 0.3) is 0 Å². The maximum absolute atomic E-state index is 13.0. The van der Waals surface area contributed by atoms with E-state index < -0.39 is 11.6 Å². The van der Waals surface area contributed by atoms with Crippen LogP contribution in [0.1, 0.15) is 12.0 Å². The lowest BCUT2D eigenvalue weighted by Crippen LogP contribution is -2.39. The first-order valence-corrected chi connectivity index (χ1v) is 6.55. The van der Waals surface area contributed by atoms with Crippen molar-refractivity contribution in [2.45, 2.75) is 18.9 Å². The Morgan fingerprint density at radius 1 is 1.30 bits per heavy atom. The van der Waals surface area contributed by atoms with Crippen LogP contribution in [0, 0.1) is 11.6 Å². The quantitative estimate of drug-likeness (QED) is 0.890. The number of carbonyl (C=O) groups is 1. The predicted molar refractivity (Wildman–Crippen MR) is 68.2 cm³/mol. The molecule has 0 aromatic heterocycles. The van der Waals surface area contributed by atoms with Gasteiger partial charge in [-0.25, -0.2) is 8.78 Å². The lowest BCUT2D eigenvalue weighted by atomic mass is 10.1. The van der Waals surface area contributed by atoms with Crippen molar-refractivity contribution in [3.05, 3.63) is 35.4 Å². The average Bonchev–Trinajstić information content (AvgIpc) is 2.47. The molecule has 1 aromatic carbocycles. The van der Waals surface area contributed by atoms with Gasteiger partial charge in [-0.15, -0.1) is 0 Å². The van der Waals surface area contributed by atoms with Crippen LogP contribution in [0.15, 0.2) is 18.2 Å². The number of halogens is 2. The molecule has 0 unspecified atom stereocenters. The first-order valence-electron chi connectivity index (χ1n) is 6.55. The largest absolute Gasteiger partial charge is 0.376 e. The van der Waals surface area contributed by atoms with E-state index in [-0.39, 0.29) is 18.4 Å². The Kier molecular flexibility index (Phi) is 5.43. The zero-order valence-corrected chi connectivity index (χ0v) is 11.0. The molecule has 0 spiro atoms. The van der Waals surface area contributed by atoms with Gasteiger partial charge in [0.1, 0.15) is 0 Å². The SMILES string of the molecule is O=C(CCc1ccc(F)c(F)c1)NC[C@H]1COCCO1. The van der Waals surface area contributed by atoms with Crippen molar-refractivity contribution < 1.29 is 23.0 Å². The molecule has 1 amide bonds. The summed E-state index contributed by atoms with van der Waals surface area (Å²) in [5.41, 5.74) is 0.594. The molecule has 1 N–H and O–H groups in total. The van der Waals surface area contributed by atoms with E-state index in [1.807, 2.05) is 0 Å². The summed E-state index contributed by atoms with van der Waals surface area (Å²) in [6.45, 7) is 2.00. The van der Waals surface area contributed by atoms with E-state index in [2.05, 4.69) is 5.32 Å². The van der Waals surface area contributed by atoms with Crippen molar-refractivity contribution in [2.24, 2.45) is 0 Å². The molecule has 0 aliphatic carbocycles. The van der Waals surface area contributed by atoms with Gasteiger partial charge in [-0.3, -0.25) is 4.79 Å². The first kappa shape index (κ1) is 14.9. The van der Waals surface area contributed by atoms with Crippen LogP contribution in [-0.4, -0.2) is 38.4 Å². The summed E-state index contributed by atoms with van der Waals surface area (Å²) in [5.74, 6) is -1.92. The van der Waals surface area contributed by atoms with Gasteiger partial charge in [0.25, 0.3) is 0 Å². The minimum atomic E-state index is -0.893. The Labute approximate surface area is 116 Å². The number of amides is 1. The highest BCUT2D eigenvalue weighted by Crippen LogP contribution is 2.10. The van der Waals surface area contributed by atoms with Crippen LogP contribution in [0.2, 0.25) is 0 Å². The van der Waals surface area contributed by atoms with E-state index in [0.717, 1.165) is 12.1 Å². The second-order valence-electron chi connectivity index (χ2n) is 4.62. The summed E-state index contributed by atoms with van der Waals surface area (Å²) in [7, 11) is 0. The van der Waals surface area contributed by atoms with Gasteiger partial charge >= 0.3 is 0 Å². The zero-order chi connectivity index (χ0) is 14.4. The van der Waals surface area contributed by atoms with Crippen molar-refractivity contribution in [1.82, 2.24) is 5.32 Å². The number of hydrogen-bond acceptors (Lipinski definition) is 3. The molecular weight excluding hydrogens is 268 g/mol. The Bertz CT molecular complexity index is 462. The lowest BCUT2D eigenvalue weighted by Gasteiger charge is -2.23. The van der Waals surface area contributed by atoms with Gasteiger partial charge in [0.05, 0.1) is 25.9 Å². The zero-order valence-electron chi connectivity index (χ0n) is 11.0. The molecule has 6 heteroatoms. The number of aryl methyl sites for hydroxylation is 1. The van der Waals surface area contributed by atoms with Gasteiger partial charge in [0.15, 0.2) is 11.6 Å². The van der Waals surface area contributed by atoms with Crippen LogP contribution in [0.5, 0.6) is 0 Å². The van der Waals surface area contributed by atoms with E-state index in [0.29, 0.717) is 38.3 Å². The molecule has 2 rings (SSSR count). The smallest absolute Gasteiger partial charge is 0.220 e. The molecule has 1 saturated heterocycles. The summed E-state index contributed by atoms with van der Waals surface area (Å²) < 4.78 is 36.3. The molecule has 1 atom stereocenters. The number of carbonyl (C=O) groups excluding carboxylic acids is 1. The Hall–Kier alpha value is -1.53. The average molecular weight is 285 g/mol. The van der Waals surface area contributed by atoms with E-state index in [1.165, 1.54) is 6.07 Å². The number of ether oxygens (including phenoxy) is 2. The second-order valence-corrected chi connectivity index (χ2v) is 4.62. The Morgan fingerprint density at radius 3 is 2.85 bits per heavy atom. The first-order chi connectivity index (χ1) is 9.65. The number of benzene rings is 1. The van der Waals surface area contributed by atoms with Crippen LogP contribution in [-0.2, 0) is 20.7 Å². The van der Waals surface area contributed by atoms with E-state index in [1.54, 1.807) is 0 Å². The third-order valence-corrected chi connectivity index (χ3v) is 3.04. The maximum atomic E-state index is 13.0. The molecule has 0 bridgehead atoms. The number of nitrogens with one attached hydrogen (secondary N) is 1. The van der Waals surface area contributed by atoms with Gasteiger partial charge < -0.3 is 14.8 Å². The fourth-order valence-corrected chi connectivity index (χ4v) is 1.92. The fraction of sp³-hybridized carbons (Fsp3) is 0.500. The van der Waals surface area contributed by atoms with Crippen molar-refractivity contribution in [1.29, 1.82) is 0 Å². The van der Waals surface area contributed by atoms with Crippen LogP contribution in [0.4, 0.5) is 8.78 Å². The summed E-state index contributed by atoms with van der Waals surface area (Å²) in [4.78, 5) is 11.6. The molecule has 110 valence electrons. The van der Waals surface area contributed by atoms with Gasteiger partial charge in [0, 0.05) is 13.0 Å². The highest BCUT2D eigenvalue weighted by atomic mass is 19.2. The van der Waals surface area contributed by atoms with Crippen LogP contribution < -0.4 is 5.32 Å². The third-order valence-electron chi connectivity index (χ3n) is 3.04. The normalized spacial score (nSPS) is 18.8. The molecule has 1 aliphatic rings. The van der Waals surface area contributed by atoms with Gasteiger partial charge in [0.2, 0.25) is 5.91 Å². The molecule has 20 heavy (non-hydrogen) atoms. The number of rotatable bonds is 5. The highest BCUT2D eigenvalue weighted by Gasteiger charge is 2.15. The van der Waals surface area contributed by atoms with Gasteiger partial charge in [-0.1, -0.05) is 6.07 Å². The minimum absolute atomic E-state index is 0.115. The molecule has 1 aromatic rings. The standard InChI is InChI=1S/C14H17F2NO3/c15-12-3-1-10(7-13(12)16)2-4-14(18)17-8-11-9-19-5-6-20-11/h1,3,7,11H,2,4-6,8-9H2,(H,17,18)/t11-/m0/s1. The van der Waals surface area contributed by atoms with Crippen LogP contribution >= 0.6 is 0 Å². The van der Waals surface area contributed by atoms with E-state index in [9.17, 15) is 13.6 Å². The molecule has 0 radical (unpaired) electrons. The predicted octanol–water partition coefficient (Wildman–Crippen LogP) is 1.43. The van der Waals surface area contributed by atoms with Crippen LogP contribution in [0.3, 0.4) is 0 Å². The Balaban J connectivity index is 1.70. The van der Waals surface area contributed by atoms with Gasteiger partial charge in [-0.2, -0.15) is 0 Å². The molecule has 4 nitrogen and oxygen atoms in total. The monoisotopic (exact) mass is 285 g/mol. The summed E-state index contributed by atoms with van der Waals surface area (Å²) in [6.07, 6.45) is 0.472. The van der Waals surface area contributed by atoms with Crippen molar-refractivity contribution in [3.63, 3.8) is 0 Å². The minimum Gasteiger partial charge on any atom is -0.376 e. The lowest BCUT2D eigenvalue weighted by molar-refractivity contribution is -0.123. The molecule has 0 saturated carbocycles. The molecular formula is C14H17F2NO3. The summed E-state index contributed by atoms with van der Waals surface area (Å²) >= 11 is 0. The molecule has 1 heterocycles. The summed E-state index contributed by atoms with van der Waals surface area (Å²) in [6, 6.07) is 3.65. The third kappa shape index (κ3) is 4.54. The Morgan fingerprint density at radius 2 is 2.15 bits per heavy atom. The topological polar surface area (TPSA) is 47.6 Å². The molecule has 1 aliphatic heterocycles. The molecule has 1 fully saturated rings. The maximum Gasteiger partial charge on any atom is 0.220 e. The van der Waals surface area contributed by atoms with E-state index >= 15 is 0 Å². The highest BCUT2D eigenvalue weighted by molar-refractivity contribution is 5.76. The van der Waals surface area contributed by atoms with Crippen molar-refractivity contribution >= 4 is 5.91 Å². The number of hydrogen-bond donors (Lipinski definition) is 1. The van der Waals surface area contributed by atoms with E-state index in [4.69, 9.17) is 9.47 Å². The van der Waals surface area contributed by atoms with Crippen molar-refractivity contribution in [2.75, 3.05) is 26.4 Å². The van der Waals surface area contributed by atoms with Crippen molar-refractivity contribution in [3.8, 4) is 0 Å². The van der Waals surface area contributed by atoms with Gasteiger partial charge in [-0.05, 0) is 24.1 Å².